The van der Waals surface area contributed by atoms with Crippen LogP contribution >= 0.6 is 11.3 Å². The van der Waals surface area contributed by atoms with Crippen molar-refractivity contribution < 1.29 is 18.7 Å². The lowest BCUT2D eigenvalue weighted by atomic mass is 10.2. The Morgan fingerprint density at radius 3 is 2.68 bits per heavy atom. The fraction of sp³-hybridized carbons (Fsp3) is 0.118. The van der Waals surface area contributed by atoms with Gasteiger partial charge in [-0.3, -0.25) is 4.79 Å². The zero-order valence-corrected chi connectivity index (χ0v) is 14.0. The molecule has 8 heteroatoms. The van der Waals surface area contributed by atoms with Crippen LogP contribution in [0.2, 0.25) is 0 Å². The number of nitrogens with zero attached hydrogens (tertiary/aromatic N) is 1. The van der Waals surface area contributed by atoms with Gasteiger partial charge in [0.25, 0.3) is 5.91 Å². The molecule has 1 aromatic heterocycles. The highest BCUT2D eigenvalue weighted by atomic mass is 32.1. The van der Waals surface area contributed by atoms with E-state index in [0.29, 0.717) is 21.9 Å². The van der Waals surface area contributed by atoms with Crippen LogP contribution in [0.1, 0.15) is 17.3 Å². The molecule has 0 spiro atoms. The fourth-order valence-electron chi connectivity index (χ4n) is 2.13. The molecule has 1 atom stereocenters. The number of aromatic nitrogens is 1. The van der Waals surface area contributed by atoms with Gasteiger partial charge >= 0.3 is 5.97 Å². The summed E-state index contributed by atoms with van der Waals surface area (Å²) < 4.78 is 18.8. The lowest BCUT2D eigenvalue weighted by Crippen LogP contribution is -2.30. The van der Waals surface area contributed by atoms with Gasteiger partial charge in [-0.15, -0.1) is 0 Å². The first-order chi connectivity index (χ1) is 11.9. The number of carbonyl (C=O) groups excluding carboxylic acids is 2. The number of amides is 1. The minimum absolute atomic E-state index is 0.303. The van der Waals surface area contributed by atoms with Crippen molar-refractivity contribution in [3.05, 3.63) is 53.8 Å². The molecule has 2 aromatic carbocycles. The third-order valence-corrected chi connectivity index (χ3v) is 4.25. The van der Waals surface area contributed by atoms with Crippen LogP contribution in [-0.2, 0) is 9.53 Å². The average Bonchev–Trinajstić information content (AvgIpc) is 2.95. The lowest BCUT2D eigenvalue weighted by Gasteiger charge is -2.13. The van der Waals surface area contributed by atoms with Crippen molar-refractivity contribution >= 4 is 44.2 Å². The van der Waals surface area contributed by atoms with Crippen LogP contribution in [0, 0.1) is 5.82 Å². The Hall–Kier alpha value is -3.00. The Labute approximate surface area is 146 Å². The predicted molar refractivity (Wildman–Crippen MR) is 93.9 cm³/mol. The van der Waals surface area contributed by atoms with Gasteiger partial charge < -0.3 is 15.8 Å². The number of anilines is 2. The minimum Gasteiger partial charge on any atom is -0.449 e. The Morgan fingerprint density at radius 2 is 1.96 bits per heavy atom. The van der Waals surface area contributed by atoms with E-state index in [2.05, 4.69) is 10.3 Å². The molecule has 0 fully saturated rings. The molecule has 3 N–H and O–H groups in total. The normalized spacial score (nSPS) is 11.9. The molecular formula is C17H14FN3O3S. The average molecular weight is 359 g/mol. The molecule has 3 rings (SSSR count). The number of nitrogen functional groups attached to an aromatic ring is 1. The van der Waals surface area contributed by atoms with Gasteiger partial charge in [0.2, 0.25) is 0 Å². The SMILES string of the molecule is CC(OC(=O)c1ccc2nc(N)sc2c1)C(=O)Nc1ccc(F)cc1. The smallest absolute Gasteiger partial charge is 0.338 e. The van der Waals surface area contributed by atoms with Crippen LogP contribution in [-0.4, -0.2) is 23.0 Å². The Morgan fingerprint density at radius 1 is 1.24 bits per heavy atom. The number of benzene rings is 2. The first-order valence-electron chi connectivity index (χ1n) is 7.36. The number of carbonyl (C=O) groups is 2. The van der Waals surface area contributed by atoms with Crippen LogP contribution in [0.4, 0.5) is 15.2 Å². The van der Waals surface area contributed by atoms with E-state index in [-0.39, 0.29) is 0 Å². The number of esters is 1. The number of hydrogen-bond acceptors (Lipinski definition) is 6. The number of fused-ring (bicyclic) bond motifs is 1. The predicted octanol–water partition coefficient (Wildman–Crippen LogP) is 3.20. The Balaban J connectivity index is 1.65. The van der Waals surface area contributed by atoms with Gasteiger partial charge in [-0.25, -0.2) is 14.2 Å². The topological polar surface area (TPSA) is 94.3 Å². The number of halogens is 1. The summed E-state index contributed by atoms with van der Waals surface area (Å²) in [6.07, 6.45) is -1.01. The number of ether oxygens (including phenoxy) is 1. The van der Waals surface area contributed by atoms with Gasteiger partial charge in [-0.1, -0.05) is 11.3 Å². The summed E-state index contributed by atoms with van der Waals surface area (Å²) >= 11 is 1.26. The van der Waals surface area contributed by atoms with Crippen LogP contribution in [0.25, 0.3) is 10.2 Å². The van der Waals surface area contributed by atoms with Gasteiger partial charge in [0.1, 0.15) is 5.82 Å². The van der Waals surface area contributed by atoms with Gasteiger partial charge in [-0.2, -0.15) is 0 Å². The zero-order chi connectivity index (χ0) is 18.0. The van der Waals surface area contributed by atoms with Crippen molar-refractivity contribution in [2.24, 2.45) is 0 Å². The quantitative estimate of drug-likeness (QED) is 0.698. The van der Waals surface area contributed by atoms with E-state index in [0.717, 1.165) is 4.70 Å². The molecule has 1 amide bonds. The second-order valence-corrected chi connectivity index (χ2v) is 6.34. The van der Waals surface area contributed by atoms with E-state index in [9.17, 15) is 14.0 Å². The maximum absolute atomic E-state index is 12.9. The molecule has 1 unspecified atom stereocenters. The van der Waals surface area contributed by atoms with Gasteiger partial charge in [-0.05, 0) is 49.4 Å². The van der Waals surface area contributed by atoms with E-state index in [1.807, 2.05) is 0 Å². The largest absolute Gasteiger partial charge is 0.449 e. The highest BCUT2D eigenvalue weighted by Crippen LogP contribution is 2.25. The highest BCUT2D eigenvalue weighted by Gasteiger charge is 2.19. The molecule has 128 valence electrons. The second-order valence-electron chi connectivity index (χ2n) is 5.28. The van der Waals surface area contributed by atoms with E-state index < -0.39 is 23.8 Å². The first-order valence-corrected chi connectivity index (χ1v) is 8.17. The van der Waals surface area contributed by atoms with Crippen molar-refractivity contribution in [2.45, 2.75) is 13.0 Å². The van der Waals surface area contributed by atoms with E-state index in [1.54, 1.807) is 18.2 Å². The Kier molecular flexibility index (Phi) is 4.62. The monoisotopic (exact) mass is 359 g/mol. The molecule has 25 heavy (non-hydrogen) atoms. The van der Waals surface area contributed by atoms with Crippen molar-refractivity contribution in [1.29, 1.82) is 0 Å². The summed E-state index contributed by atoms with van der Waals surface area (Å²) in [6.45, 7) is 1.46. The third kappa shape index (κ3) is 3.92. The molecule has 3 aromatic rings. The maximum Gasteiger partial charge on any atom is 0.338 e. The van der Waals surface area contributed by atoms with Crippen LogP contribution in [0.5, 0.6) is 0 Å². The molecule has 0 aliphatic rings. The molecule has 0 aliphatic heterocycles. The number of thiazole rings is 1. The van der Waals surface area contributed by atoms with Crippen LogP contribution < -0.4 is 11.1 Å². The number of hydrogen-bond donors (Lipinski definition) is 2. The summed E-state index contributed by atoms with van der Waals surface area (Å²) in [6, 6.07) is 10.1. The summed E-state index contributed by atoms with van der Waals surface area (Å²) in [5.41, 5.74) is 7.05. The van der Waals surface area contributed by atoms with Gasteiger partial charge in [0, 0.05) is 5.69 Å². The van der Waals surface area contributed by atoms with E-state index in [4.69, 9.17) is 10.5 Å². The summed E-state index contributed by atoms with van der Waals surface area (Å²) in [5.74, 6) is -1.55. The molecule has 0 aliphatic carbocycles. The van der Waals surface area contributed by atoms with Crippen molar-refractivity contribution in [1.82, 2.24) is 4.98 Å². The molecule has 1 heterocycles. The van der Waals surface area contributed by atoms with Crippen LogP contribution in [0.15, 0.2) is 42.5 Å². The van der Waals surface area contributed by atoms with Crippen LogP contribution in [0.3, 0.4) is 0 Å². The number of nitrogens with one attached hydrogen (secondary N) is 1. The molecule has 0 radical (unpaired) electrons. The second kappa shape index (κ2) is 6.86. The summed E-state index contributed by atoms with van der Waals surface area (Å²) in [4.78, 5) is 28.4. The molecule has 0 saturated carbocycles. The highest BCUT2D eigenvalue weighted by molar-refractivity contribution is 7.22. The lowest BCUT2D eigenvalue weighted by molar-refractivity contribution is -0.123. The van der Waals surface area contributed by atoms with Gasteiger partial charge in [0.15, 0.2) is 11.2 Å². The maximum atomic E-state index is 12.9. The first kappa shape index (κ1) is 16.8. The molecule has 0 saturated heterocycles. The summed E-state index contributed by atoms with van der Waals surface area (Å²) in [7, 11) is 0. The van der Waals surface area contributed by atoms with Crippen molar-refractivity contribution in [3.63, 3.8) is 0 Å². The molecular weight excluding hydrogens is 345 g/mol. The van der Waals surface area contributed by atoms with Crippen molar-refractivity contribution in [2.75, 3.05) is 11.1 Å². The standard InChI is InChI=1S/C17H14FN3O3S/c1-9(15(22)20-12-5-3-11(18)4-6-12)24-16(23)10-2-7-13-14(8-10)25-17(19)21-13/h2-9H,1H3,(H2,19,21)(H,20,22). The fourth-order valence-corrected chi connectivity index (χ4v) is 2.90. The summed E-state index contributed by atoms with van der Waals surface area (Å²) in [5, 5.41) is 2.96. The molecule has 6 nitrogen and oxygen atoms in total. The van der Waals surface area contributed by atoms with E-state index in [1.165, 1.54) is 42.5 Å². The van der Waals surface area contributed by atoms with E-state index >= 15 is 0 Å². The Bertz CT molecular complexity index is 940. The zero-order valence-electron chi connectivity index (χ0n) is 13.2. The number of rotatable bonds is 4. The van der Waals surface area contributed by atoms with Gasteiger partial charge in [0.05, 0.1) is 15.8 Å². The van der Waals surface area contributed by atoms with Crippen molar-refractivity contribution in [3.8, 4) is 0 Å². The number of nitrogens with two attached hydrogens (primary N) is 1. The third-order valence-electron chi connectivity index (χ3n) is 3.41. The molecule has 0 bridgehead atoms. The minimum atomic E-state index is -1.01.